The summed E-state index contributed by atoms with van der Waals surface area (Å²) in [6, 6.07) is 9.96. The number of fused-ring (bicyclic) bond motifs is 1. The number of hydrogen-bond acceptors (Lipinski definition) is 6. The number of thioether (sulfide) groups is 1. The lowest BCUT2D eigenvalue weighted by molar-refractivity contribution is -0.137. The Hall–Kier alpha value is -2.59. The highest BCUT2D eigenvalue weighted by atomic mass is 32.2. The number of likely N-dealkylation sites (tertiary alicyclic amines) is 1. The molecule has 2 aliphatic heterocycles. The van der Waals surface area contributed by atoms with Gasteiger partial charge in [-0.2, -0.15) is 13.2 Å². The highest BCUT2D eigenvalue weighted by Gasteiger charge is 2.44. The molecular formula is C24H27F3N6S. The minimum atomic E-state index is -4.33. The van der Waals surface area contributed by atoms with E-state index in [4.69, 9.17) is 0 Å². The molecule has 0 aliphatic carbocycles. The van der Waals surface area contributed by atoms with E-state index in [9.17, 15) is 13.2 Å². The van der Waals surface area contributed by atoms with Crippen molar-refractivity contribution in [2.24, 2.45) is 13.0 Å². The molecule has 6 nitrogen and oxygen atoms in total. The van der Waals surface area contributed by atoms with Crippen molar-refractivity contribution in [3.63, 3.8) is 0 Å². The Bertz CT molecular complexity index is 1120. The molecule has 2 aliphatic rings. The van der Waals surface area contributed by atoms with Crippen LogP contribution in [0.15, 0.2) is 53.9 Å². The lowest BCUT2D eigenvalue weighted by atomic mass is 10.0. The van der Waals surface area contributed by atoms with Crippen molar-refractivity contribution >= 4 is 17.4 Å². The van der Waals surface area contributed by atoms with Crippen molar-refractivity contribution in [3.8, 4) is 11.4 Å². The third-order valence-corrected chi connectivity index (χ3v) is 7.87. The van der Waals surface area contributed by atoms with E-state index in [2.05, 4.69) is 20.1 Å². The largest absolute Gasteiger partial charge is 0.418 e. The molecule has 0 amide bonds. The summed E-state index contributed by atoms with van der Waals surface area (Å²) in [7, 11) is 1.97. The molecular weight excluding hydrogens is 461 g/mol. The van der Waals surface area contributed by atoms with Gasteiger partial charge in [0.05, 0.1) is 5.56 Å². The molecule has 5 rings (SSSR count). The number of pyridine rings is 1. The number of rotatable bonds is 7. The molecule has 0 saturated carbocycles. The van der Waals surface area contributed by atoms with E-state index < -0.39 is 11.7 Å². The Labute approximate surface area is 201 Å². The molecule has 2 atom stereocenters. The van der Waals surface area contributed by atoms with Gasteiger partial charge in [-0.15, -0.1) is 10.2 Å². The zero-order chi connectivity index (χ0) is 23.7. The van der Waals surface area contributed by atoms with Crippen LogP contribution in [0.3, 0.4) is 0 Å². The number of anilines is 1. The van der Waals surface area contributed by atoms with Crippen LogP contribution in [-0.2, 0) is 13.2 Å². The number of benzene rings is 1. The first-order valence-electron chi connectivity index (χ1n) is 11.5. The Balaban J connectivity index is 1.15. The number of aromatic nitrogens is 4. The summed E-state index contributed by atoms with van der Waals surface area (Å²) in [5.41, 5.74) is 0.782. The normalized spacial score (nSPS) is 20.8. The predicted molar refractivity (Wildman–Crippen MR) is 127 cm³/mol. The topological polar surface area (TPSA) is 50.1 Å². The lowest BCUT2D eigenvalue weighted by Gasteiger charge is -2.29. The summed E-state index contributed by atoms with van der Waals surface area (Å²) in [4.78, 5) is 8.43. The molecule has 2 fully saturated rings. The maximum Gasteiger partial charge on any atom is 0.418 e. The summed E-state index contributed by atoms with van der Waals surface area (Å²) in [6.45, 7) is 3.40. The van der Waals surface area contributed by atoms with Gasteiger partial charge in [0.2, 0.25) is 0 Å². The molecule has 0 radical (unpaired) electrons. The molecule has 0 bridgehead atoms. The highest BCUT2D eigenvalue weighted by Crippen LogP contribution is 2.41. The van der Waals surface area contributed by atoms with Crippen LogP contribution in [0, 0.1) is 5.92 Å². The van der Waals surface area contributed by atoms with E-state index in [1.807, 2.05) is 28.6 Å². The second-order valence-corrected chi connectivity index (χ2v) is 9.95. The summed E-state index contributed by atoms with van der Waals surface area (Å²) in [5, 5.41) is 9.51. The van der Waals surface area contributed by atoms with Crippen molar-refractivity contribution in [3.05, 3.63) is 54.4 Å². The molecule has 4 heterocycles. The molecule has 2 saturated heterocycles. The average Bonchev–Trinajstić information content (AvgIpc) is 3.51. The van der Waals surface area contributed by atoms with Gasteiger partial charge in [-0.05, 0) is 49.6 Å². The van der Waals surface area contributed by atoms with Crippen LogP contribution in [0.4, 0.5) is 18.9 Å². The van der Waals surface area contributed by atoms with Crippen LogP contribution >= 0.6 is 11.8 Å². The Morgan fingerprint density at radius 1 is 1.06 bits per heavy atom. The zero-order valence-electron chi connectivity index (χ0n) is 18.9. The van der Waals surface area contributed by atoms with Crippen LogP contribution in [0.25, 0.3) is 11.4 Å². The number of hydrogen-bond donors (Lipinski definition) is 0. The van der Waals surface area contributed by atoms with Crippen LogP contribution < -0.4 is 4.90 Å². The molecule has 0 N–H and O–H groups in total. The van der Waals surface area contributed by atoms with Crippen molar-refractivity contribution in [2.75, 3.05) is 36.8 Å². The minimum Gasteiger partial charge on any atom is -0.366 e. The summed E-state index contributed by atoms with van der Waals surface area (Å²) >= 11 is 1.68. The second kappa shape index (κ2) is 9.58. The monoisotopic (exact) mass is 488 g/mol. The van der Waals surface area contributed by atoms with Gasteiger partial charge in [0, 0.05) is 62.1 Å². The lowest BCUT2D eigenvalue weighted by Crippen LogP contribution is -2.36. The fourth-order valence-corrected chi connectivity index (χ4v) is 5.97. The summed E-state index contributed by atoms with van der Waals surface area (Å²) in [6.07, 6.45) is 1.08. The van der Waals surface area contributed by atoms with E-state index in [0.717, 1.165) is 54.8 Å². The smallest absolute Gasteiger partial charge is 0.366 e. The van der Waals surface area contributed by atoms with E-state index in [1.165, 1.54) is 12.1 Å². The van der Waals surface area contributed by atoms with Crippen LogP contribution in [0.2, 0.25) is 0 Å². The van der Waals surface area contributed by atoms with Gasteiger partial charge in [-0.25, -0.2) is 0 Å². The molecule has 0 spiro atoms. The minimum absolute atomic E-state index is 0.151. The van der Waals surface area contributed by atoms with Gasteiger partial charge >= 0.3 is 6.18 Å². The third kappa shape index (κ3) is 4.65. The SMILES string of the molecule is Cn1c(SCCCN2C[C@@H]3CCN(c4ccccc4C(F)(F)F)[C@@H]3C2)nnc1-c1ccncc1. The number of alkyl halides is 3. The second-order valence-electron chi connectivity index (χ2n) is 8.89. The van der Waals surface area contributed by atoms with Gasteiger partial charge in [0.25, 0.3) is 0 Å². The maximum absolute atomic E-state index is 13.5. The fourth-order valence-electron chi connectivity index (χ4n) is 5.14. The molecule has 1 aromatic carbocycles. The first kappa shape index (κ1) is 23.2. The van der Waals surface area contributed by atoms with E-state index in [1.54, 1.807) is 36.3 Å². The first-order chi connectivity index (χ1) is 16.4. The van der Waals surface area contributed by atoms with Gasteiger partial charge in [0.15, 0.2) is 11.0 Å². The predicted octanol–water partition coefficient (Wildman–Crippen LogP) is 4.59. The summed E-state index contributed by atoms with van der Waals surface area (Å²) < 4.78 is 42.6. The zero-order valence-corrected chi connectivity index (χ0v) is 19.8. The molecule has 3 aromatic rings. The fraction of sp³-hybridized carbons (Fsp3) is 0.458. The van der Waals surface area contributed by atoms with E-state index >= 15 is 0 Å². The highest BCUT2D eigenvalue weighted by molar-refractivity contribution is 7.99. The standard InChI is InChI=1S/C24H27F3N6S/c1-31-22(17-7-10-28-11-8-17)29-30-23(31)34-14-4-12-32-15-18-9-13-33(21(18)16-32)20-6-3-2-5-19(20)24(25,26)27/h2-3,5-8,10-11,18,21H,4,9,12-16H2,1H3/t18-,21+/m0/s1. The van der Waals surface area contributed by atoms with E-state index in [0.29, 0.717) is 18.2 Å². The van der Waals surface area contributed by atoms with Gasteiger partial charge in [0.1, 0.15) is 0 Å². The van der Waals surface area contributed by atoms with Gasteiger partial charge in [-0.3, -0.25) is 4.98 Å². The van der Waals surface area contributed by atoms with E-state index in [-0.39, 0.29) is 6.04 Å². The van der Waals surface area contributed by atoms with Crippen molar-refractivity contribution in [1.82, 2.24) is 24.6 Å². The maximum atomic E-state index is 13.5. The first-order valence-corrected chi connectivity index (χ1v) is 12.5. The van der Waals surface area contributed by atoms with Gasteiger partial charge in [-0.1, -0.05) is 23.9 Å². The van der Waals surface area contributed by atoms with Crippen molar-refractivity contribution in [2.45, 2.75) is 30.2 Å². The third-order valence-electron chi connectivity index (χ3n) is 6.77. The van der Waals surface area contributed by atoms with Crippen LogP contribution in [-0.4, -0.2) is 62.6 Å². The van der Waals surface area contributed by atoms with Crippen molar-refractivity contribution < 1.29 is 13.2 Å². The molecule has 0 unspecified atom stereocenters. The van der Waals surface area contributed by atoms with Crippen LogP contribution in [0.1, 0.15) is 18.4 Å². The molecule has 2 aromatic heterocycles. The number of halogens is 3. The summed E-state index contributed by atoms with van der Waals surface area (Å²) in [5.74, 6) is 2.15. The van der Waals surface area contributed by atoms with Gasteiger partial charge < -0.3 is 14.4 Å². The van der Waals surface area contributed by atoms with Crippen molar-refractivity contribution in [1.29, 1.82) is 0 Å². The van der Waals surface area contributed by atoms with Crippen LogP contribution in [0.5, 0.6) is 0 Å². The Kier molecular flexibility index (Phi) is 6.52. The number of para-hydroxylation sites is 1. The number of nitrogens with zero attached hydrogens (tertiary/aromatic N) is 6. The molecule has 180 valence electrons. The average molecular weight is 489 g/mol. The Morgan fingerprint density at radius 3 is 2.65 bits per heavy atom. The molecule has 10 heteroatoms. The molecule has 34 heavy (non-hydrogen) atoms. The Morgan fingerprint density at radius 2 is 1.85 bits per heavy atom. The quantitative estimate of drug-likeness (QED) is 0.358.